The van der Waals surface area contributed by atoms with Crippen molar-refractivity contribution >= 4 is 11.3 Å². The Bertz CT molecular complexity index is 448. The molecule has 0 aliphatic rings. The van der Waals surface area contributed by atoms with Gasteiger partial charge in [-0.05, 0) is 59.2 Å². The van der Waals surface area contributed by atoms with Crippen LogP contribution in [0.1, 0.15) is 16.7 Å². The predicted molar refractivity (Wildman–Crippen MR) is 73.5 cm³/mol. The fourth-order valence-electron chi connectivity index (χ4n) is 2.09. The van der Waals surface area contributed by atoms with Gasteiger partial charge in [-0.15, -0.1) is 0 Å². The summed E-state index contributed by atoms with van der Waals surface area (Å²) < 4.78 is 0. The summed E-state index contributed by atoms with van der Waals surface area (Å²) in [6.07, 6.45) is 1.92. The number of aryl methyl sites for hydroxylation is 1. The van der Waals surface area contributed by atoms with Gasteiger partial charge in [-0.3, -0.25) is 0 Å². The highest BCUT2D eigenvalue weighted by Gasteiger charge is 2.11. The topological polar surface area (TPSA) is 20.2 Å². The first kappa shape index (κ1) is 12.3. The molecule has 1 N–H and O–H groups in total. The molecule has 1 nitrogen and oxygen atoms in total. The van der Waals surface area contributed by atoms with E-state index in [0.29, 0.717) is 5.92 Å². The zero-order valence-corrected chi connectivity index (χ0v) is 10.9. The van der Waals surface area contributed by atoms with Crippen LogP contribution in [0.4, 0.5) is 0 Å². The molecule has 2 aromatic rings. The highest BCUT2D eigenvalue weighted by atomic mass is 32.1. The Kier molecular flexibility index (Phi) is 4.35. The summed E-state index contributed by atoms with van der Waals surface area (Å²) in [5.41, 5.74) is 4.00. The molecule has 17 heavy (non-hydrogen) atoms. The number of aliphatic hydroxyl groups excluding tert-OH is 1. The summed E-state index contributed by atoms with van der Waals surface area (Å²) in [4.78, 5) is 0. The number of thiophene rings is 1. The van der Waals surface area contributed by atoms with Gasteiger partial charge in [0.15, 0.2) is 0 Å². The second-order valence-electron chi connectivity index (χ2n) is 4.51. The molecular formula is C15H18OS. The number of benzene rings is 1. The van der Waals surface area contributed by atoms with Gasteiger partial charge in [-0.1, -0.05) is 24.3 Å². The molecule has 0 saturated carbocycles. The number of aliphatic hydroxyl groups is 1. The van der Waals surface area contributed by atoms with Gasteiger partial charge >= 0.3 is 0 Å². The van der Waals surface area contributed by atoms with Crippen molar-refractivity contribution in [3.8, 4) is 0 Å². The molecule has 0 amide bonds. The first-order valence-corrected chi connectivity index (χ1v) is 6.90. The maximum absolute atomic E-state index is 9.48. The maximum atomic E-state index is 9.48. The van der Waals surface area contributed by atoms with Crippen molar-refractivity contribution in [1.29, 1.82) is 0 Å². The van der Waals surface area contributed by atoms with E-state index in [1.807, 2.05) is 0 Å². The Labute approximate surface area is 107 Å². The Hall–Kier alpha value is -1.12. The minimum absolute atomic E-state index is 0.254. The van der Waals surface area contributed by atoms with E-state index in [-0.39, 0.29) is 6.61 Å². The zero-order chi connectivity index (χ0) is 12.1. The lowest BCUT2D eigenvalue weighted by atomic mass is 9.92. The van der Waals surface area contributed by atoms with Crippen molar-refractivity contribution in [3.05, 3.63) is 57.8 Å². The van der Waals surface area contributed by atoms with Crippen LogP contribution in [0.5, 0.6) is 0 Å². The van der Waals surface area contributed by atoms with Crippen molar-refractivity contribution in [1.82, 2.24) is 0 Å². The van der Waals surface area contributed by atoms with Gasteiger partial charge in [0, 0.05) is 6.61 Å². The highest BCUT2D eigenvalue weighted by Crippen LogP contribution is 2.18. The molecule has 2 rings (SSSR count). The fraction of sp³-hybridized carbons (Fsp3) is 0.333. The Morgan fingerprint density at radius 1 is 1.18 bits per heavy atom. The third kappa shape index (κ3) is 3.42. The van der Waals surface area contributed by atoms with Crippen LogP contribution in [0.25, 0.3) is 0 Å². The molecule has 0 saturated heterocycles. The normalized spacial score (nSPS) is 12.6. The van der Waals surface area contributed by atoms with Crippen molar-refractivity contribution in [2.75, 3.05) is 6.61 Å². The molecule has 0 bridgehead atoms. The third-order valence-electron chi connectivity index (χ3n) is 3.13. The molecule has 0 fully saturated rings. The standard InChI is InChI=1S/C15H18OS/c1-12-4-2-3-5-15(12)9-14(10-16)8-13-6-7-17-11-13/h2-7,11,14,16H,8-10H2,1H3. The van der Waals surface area contributed by atoms with Crippen molar-refractivity contribution < 1.29 is 5.11 Å². The number of hydrogen-bond acceptors (Lipinski definition) is 2. The molecule has 1 unspecified atom stereocenters. The summed E-state index contributed by atoms with van der Waals surface area (Å²) in [5, 5.41) is 13.7. The van der Waals surface area contributed by atoms with E-state index in [2.05, 4.69) is 48.0 Å². The molecule has 2 heteroatoms. The fourth-order valence-corrected chi connectivity index (χ4v) is 2.78. The summed E-state index contributed by atoms with van der Waals surface area (Å²) >= 11 is 1.72. The van der Waals surface area contributed by atoms with Crippen LogP contribution in [0.2, 0.25) is 0 Å². The minimum Gasteiger partial charge on any atom is -0.396 e. The first-order chi connectivity index (χ1) is 8.29. The summed E-state index contributed by atoms with van der Waals surface area (Å²) in [6.45, 7) is 2.39. The van der Waals surface area contributed by atoms with Crippen LogP contribution < -0.4 is 0 Å². The smallest absolute Gasteiger partial charge is 0.0465 e. The first-order valence-electron chi connectivity index (χ1n) is 5.96. The molecule has 1 aromatic heterocycles. The average Bonchev–Trinajstić information content (AvgIpc) is 2.84. The van der Waals surface area contributed by atoms with Crippen molar-refractivity contribution in [3.63, 3.8) is 0 Å². The average molecular weight is 246 g/mol. The Morgan fingerprint density at radius 2 is 2.00 bits per heavy atom. The van der Waals surface area contributed by atoms with E-state index in [1.165, 1.54) is 16.7 Å². The summed E-state index contributed by atoms with van der Waals surface area (Å²) in [5.74, 6) is 0.325. The second-order valence-corrected chi connectivity index (χ2v) is 5.29. The molecule has 0 aliphatic heterocycles. The highest BCUT2D eigenvalue weighted by molar-refractivity contribution is 7.07. The largest absolute Gasteiger partial charge is 0.396 e. The number of hydrogen-bond donors (Lipinski definition) is 1. The lowest BCUT2D eigenvalue weighted by Gasteiger charge is -2.15. The lowest BCUT2D eigenvalue weighted by Crippen LogP contribution is -2.13. The molecule has 0 spiro atoms. The predicted octanol–water partition coefficient (Wildman–Crippen LogP) is 3.45. The molecular weight excluding hydrogens is 228 g/mol. The van der Waals surface area contributed by atoms with E-state index in [1.54, 1.807) is 11.3 Å². The van der Waals surface area contributed by atoms with Gasteiger partial charge in [0.2, 0.25) is 0 Å². The van der Waals surface area contributed by atoms with E-state index in [9.17, 15) is 5.11 Å². The van der Waals surface area contributed by atoms with Gasteiger partial charge in [0.05, 0.1) is 0 Å². The maximum Gasteiger partial charge on any atom is 0.0465 e. The van der Waals surface area contributed by atoms with Crippen molar-refractivity contribution in [2.24, 2.45) is 5.92 Å². The Balaban J connectivity index is 2.03. The van der Waals surface area contributed by atoms with E-state index in [0.717, 1.165) is 12.8 Å². The molecule has 90 valence electrons. The van der Waals surface area contributed by atoms with Gasteiger partial charge in [0.1, 0.15) is 0 Å². The second kappa shape index (κ2) is 5.99. The minimum atomic E-state index is 0.254. The van der Waals surface area contributed by atoms with Gasteiger partial charge in [-0.25, -0.2) is 0 Å². The van der Waals surface area contributed by atoms with Crippen LogP contribution in [-0.2, 0) is 12.8 Å². The summed E-state index contributed by atoms with van der Waals surface area (Å²) in [6, 6.07) is 10.6. The Morgan fingerprint density at radius 3 is 2.65 bits per heavy atom. The SMILES string of the molecule is Cc1ccccc1CC(CO)Cc1ccsc1. The molecule has 1 atom stereocenters. The zero-order valence-electron chi connectivity index (χ0n) is 10.1. The van der Waals surface area contributed by atoms with Gasteiger partial charge in [0.25, 0.3) is 0 Å². The van der Waals surface area contributed by atoms with E-state index < -0.39 is 0 Å². The van der Waals surface area contributed by atoms with Crippen molar-refractivity contribution in [2.45, 2.75) is 19.8 Å². The van der Waals surface area contributed by atoms with Crippen LogP contribution in [0.3, 0.4) is 0 Å². The lowest BCUT2D eigenvalue weighted by molar-refractivity contribution is 0.225. The van der Waals surface area contributed by atoms with E-state index in [4.69, 9.17) is 0 Å². The quantitative estimate of drug-likeness (QED) is 0.856. The van der Waals surface area contributed by atoms with Gasteiger partial charge < -0.3 is 5.11 Å². The van der Waals surface area contributed by atoms with Gasteiger partial charge in [-0.2, -0.15) is 11.3 Å². The van der Waals surface area contributed by atoms with Crippen LogP contribution in [0, 0.1) is 12.8 Å². The number of rotatable bonds is 5. The summed E-state index contributed by atoms with van der Waals surface area (Å²) in [7, 11) is 0. The van der Waals surface area contributed by atoms with Crippen LogP contribution in [-0.4, -0.2) is 11.7 Å². The third-order valence-corrected chi connectivity index (χ3v) is 3.86. The molecule has 1 heterocycles. The molecule has 0 aliphatic carbocycles. The monoisotopic (exact) mass is 246 g/mol. The van der Waals surface area contributed by atoms with Crippen LogP contribution in [0.15, 0.2) is 41.1 Å². The molecule has 0 radical (unpaired) electrons. The van der Waals surface area contributed by atoms with E-state index >= 15 is 0 Å². The van der Waals surface area contributed by atoms with Crippen LogP contribution >= 0.6 is 11.3 Å². The molecule has 1 aromatic carbocycles.